The lowest BCUT2D eigenvalue weighted by molar-refractivity contribution is -0.101. The summed E-state index contributed by atoms with van der Waals surface area (Å²) in [5.41, 5.74) is 1.13. The van der Waals surface area contributed by atoms with Gasteiger partial charge >= 0.3 is 0 Å². The third-order valence-corrected chi connectivity index (χ3v) is 8.74. The SMILES string of the molecule is C#C[C@]1(O)[C@H](O)C[C@H]2[C@@H]3CCc4cc(OC5CCCC5)ccc4[C@H]3CC[C@@]21C. The molecule has 0 saturated heterocycles. The first-order chi connectivity index (χ1) is 13.5. The van der Waals surface area contributed by atoms with Crippen molar-refractivity contribution in [3.05, 3.63) is 29.3 Å². The molecule has 0 heterocycles. The largest absolute Gasteiger partial charge is 0.490 e. The smallest absolute Gasteiger partial charge is 0.156 e. The van der Waals surface area contributed by atoms with Crippen molar-refractivity contribution in [2.45, 2.75) is 88.4 Å². The molecule has 0 amide bonds. The van der Waals surface area contributed by atoms with Crippen LogP contribution in [0.4, 0.5) is 0 Å². The van der Waals surface area contributed by atoms with Crippen LogP contribution in [-0.2, 0) is 6.42 Å². The Labute approximate surface area is 168 Å². The monoisotopic (exact) mass is 380 g/mol. The van der Waals surface area contributed by atoms with E-state index < -0.39 is 11.7 Å². The number of benzene rings is 1. The van der Waals surface area contributed by atoms with Crippen molar-refractivity contribution in [1.29, 1.82) is 0 Å². The number of hydrogen-bond donors (Lipinski definition) is 2. The molecule has 4 aliphatic rings. The minimum atomic E-state index is -1.39. The lowest BCUT2D eigenvalue weighted by Gasteiger charge is -2.52. The minimum Gasteiger partial charge on any atom is -0.490 e. The summed E-state index contributed by atoms with van der Waals surface area (Å²) in [5.74, 6) is 4.89. The van der Waals surface area contributed by atoms with Crippen molar-refractivity contribution in [3.63, 3.8) is 0 Å². The van der Waals surface area contributed by atoms with Crippen molar-refractivity contribution < 1.29 is 14.9 Å². The fourth-order valence-corrected chi connectivity index (χ4v) is 7.11. The molecule has 5 rings (SSSR count). The van der Waals surface area contributed by atoms with E-state index in [1.165, 1.54) is 36.8 Å². The van der Waals surface area contributed by atoms with E-state index in [0.717, 1.165) is 31.4 Å². The standard InChI is InChI=1S/C25H32O3/c1-3-25(27)23(26)15-22-21-10-8-16-14-18(28-17-6-4-5-7-17)9-11-19(16)20(21)12-13-24(22,25)2/h1,9,11,14,17,20-23,26-27H,4-8,10,12-13,15H2,2H3/t20-,21-,22+,23-,24+,25+/m1/s1. The van der Waals surface area contributed by atoms with Gasteiger partial charge in [-0.1, -0.05) is 18.9 Å². The van der Waals surface area contributed by atoms with E-state index >= 15 is 0 Å². The Morgan fingerprint density at radius 1 is 1.18 bits per heavy atom. The molecule has 3 saturated carbocycles. The molecular formula is C25H32O3. The quantitative estimate of drug-likeness (QED) is 0.756. The number of terminal acetylenes is 1. The maximum absolute atomic E-state index is 11.1. The number of fused-ring (bicyclic) bond motifs is 5. The second-order valence-electron chi connectivity index (χ2n) is 9.92. The predicted octanol–water partition coefficient (Wildman–Crippen LogP) is 4.20. The van der Waals surface area contributed by atoms with Gasteiger partial charge in [0.1, 0.15) is 5.75 Å². The number of ether oxygens (including phenoxy) is 1. The van der Waals surface area contributed by atoms with Gasteiger partial charge in [0.15, 0.2) is 5.60 Å². The Kier molecular flexibility index (Phi) is 4.30. The minimum absolute atomic E-state index is 0.282. The Hall–Kier alpha value is -1.50. The predicted molar refractivity (Wildman–Crippen MR) is 109 cm³/mol. The number of hydrogen-bond acceptors (Lipinski definition) is 3. The molecule has 1 aromatic carbocycles. The third-order valence-electron chi connectivity index (χ3n) is 8.74. The molecular weight excluding hydrogens is 348 g/mol. The van der Waals surface area contributed by atoms with Crippen LogP contribution in [0.15, 0.2) is 18.2 Å². The van der Waals surface area contributed by atoms with Crippen LogP contribution in [0.1, 0.15) is 75.3 Å². The summed E-state index contributed by atoms with van der Waals surface area (Å²) in [6.45, 7) is 2.11. The zero-order chi connectivity index (χ0) is 19.5. The molecule has 3 nitrogen and oxygen atoms in total. The average molecular weight is 381 g/mol. The molecule has 3 heteroatoms. The number of aryl methyl sites for hydroxylation is 1. The zero-order valence-electron chi connectivity index (χ0n) is 16.9. The van der Waals surface area contributed by atoms with Crippen molar-refractivity contribution in [1.82, 2.24) is 0 Å². The molecule has 28 heavy (non-hydrogen) atoms. The summed E-state index contributed by atoms with van der Waals surface area (Å²) in [5, 5.41) is 21.7. The van der Waals surface area contributed by atoms with E-state index in [9.17, 15) is 10.2 Å². The third kappa shape index (κ3) is 2.50. The number of aliphatic hydroxyl groups excluding tert-OH is 1. The maximum atomic E-state index is 11.1. The second-order valence-corrected chi connectivity index (χ2v) is 9.92. The molecule has 0 aromatic heterocycles. The van der Waals surface area contributed by atoms with E-state index in [1.54, 1.807) is 0 Å². The highest BCUT2D eigenvalue weighted by atomic mass is 16.5. The topological polar surface area (TPSA) is 49.7 Å². The van der Waals surface area contributed by atoms with Gasteiger partial charge in [0.25, 0.3) is 0 Å². The Morgan fingerprint density at radius 3 is 2.71 bits per heavy atom. The molecule has 6 atom stereocenters. The van der Waals surface area contributed by atoms with Crippen LogP contribution in [0.5, 0.6) is 5.75 Å². The molecule has 0 unspecified atom stereocenters. The average Bonchev–Trinajstić information content (AvgIpc) is 3.27. The maximum Gasteiger partial charge on any atom is 0.156 e. The summed E-state index contributed by atoms with van der Waals surface area (Å²) in [6, 6.07) is 6.73. The molecule has 0 radical (unpaired) electrons. The summed E-state index contributed by atoms with van der Waals surface area (Å²) >= 11 is 0. The van der Waals surface area contributed by atoms with Gasteiger partial charge < -0.3 is 14.9 Å². The summed E-state index contributed by atoms with van der Waals surface area (Å²) in [4.78, 5) is 0. The normalized spacial score (nSPS) is 42.4. The van der Waals surface area contributed by atoms with Crippen LogP contribution < -0.4 is 4.74 Å². The van der Waals surface area contributed by atoms with Gasteiger partial charge in [0.2, 0.25) is 0 Å². The van der Waals surface area contributed by atoms with Crippen LogP contribution in [0.25, 0.3) is 0 Å². The first kappa shape index (κ1) is 18.5. The van der Waals surface area contributed by atoms with E-state index in [1.807, 2.05) is 0 Å². The van der Waals surface area contributed by atoms with E-state index in [-0.39, 0.29) is 11.3 Å². The first-order valence-electron chi connectivity index (χ1n) is 11.1. The molecule has 2 N–H and O–H groups in total. The molecule has 1 aromatic rings. The van der Waals surface area contributed by atoms with Crippen molar-refractivity contribution in [2.75, 3.05) is 0 Å². The van der Waals surface area contributed by atoms with E-state index in [2.05, 4.69) is 31.0 Å². The van der Waals surface area contributed by atoms with Crippen LogP contribution in [0.2, 0.25) is 0 Å². The van der Waals surface area contributed by atoms with Crippen LogP contribution in [0.3, 0.4) is 0 Å². The highest BCUT2D eigenvalue weighted by Gasteiger charge is 2.65. The van der Waals surface area contributed by atoms with Gasteiger partial charge in [-0.25, -0.2) is 0 Å². The van der Waals surface area contributed by atoms with Crippen LogP contribution in [-0.4, -0.2) is 28.0 Å². The van der Waals surface area contributed by atoms with Crippen LogP contribution >= 0.6 is 0 Å². The lowest BCUT2D eigenvalue weighted by Crippen LogP contribution is -2.53. The second kappa shape index (κ2) is 6.51. The Bertz CT molecular complexity index is 805. The first-order valence-corrected chi connectivity index (χ1v) is 11.1. The van der Waals surface area contributed by atoms with Gasteiger partial charge in [-0.3, -0.25) is 0 Å². The van der Waals surface area contributed by atoms with Crippen molar-refractivity contribution in [3.8, 4) is 18.1 Å². The fourth-order valence-electron chi connectivity index (χ4n) is 7.11. The molecule has 0 aliphatic heterocycles. The number of aliphatic hydroxyl groups is 2. The highest BCUT2D eigenvalue weighted by Crippen LogP contribution is 2.64. The molecule has 150 valence electrons. The molecule has 0 bridgehead atoms. The summed E-state index contributed by atoms with van der Waals surface area (Å²) in [6.07, 6.45) is 14.9. The highest BCUT2D eigenvalue weighted by molar-refractivity contribution is 5.41. The number of rotatable bonds is 2. The van der Waals surface area contributed by atoms with Crippen molar-refractivity contribution in [2.24, 2.45) is 17.3 Å². The molecule has 4 aliphatic carbocycles. The van der Waals surface area contributed by atoms with Gasteiger partial charge in [0.05, 0.1) is 12.2 Å². The Morgan fingerprint density at radius 2 is 1.96 bits per heavy atom. The van der Waals surface area contributed by atoms with E-state index in [4.69, 9.17) is 11.2 Å². The summed E-state index contributed by atoms with van der Waals surface area (Å²) in [7, 11) is 0. The lowest BCUT2D eigenvalue weighted by atomic mass is 9.53. The van der Waals surface area contributed by atoms with Crippen molar-refractivity contribution >= 4 is 0 Å². The van der Waals surface area contributed by atoms with Crippen LogP contribution in [0, 0.1) is 29.6 Å². The van der Waals surface area contributed by atoms with Gasteiger partial charge in [-0.15, -0.1) is 6.42 Å². The van der Waals surface area contributed by atoms with Gasteiger partial charge in [0, 0.05) is 5.41 Å². The van der Waals surface area contributed by atoms with Gasteiger partial charge in [-0.2, -0.15) is 0 Å². The summed E-state index contributed by atoms with van der Waals surface area (Å²) < 4.78 is 6.23. The molecule has 3 fully saturated rings. The fraction of sp³-hybridized carbons (Fsp3) is 0.680. The zero-order valence-corrected chi connectivity index (χ0v) is 16.9. The molecule has 0 spiro atoms. The Balaban J connectivity index is 1.41. The van der Waals surface area contributed by atoms with Gasteiger partial charge in [-0.05, 0) is 98.8 Å². The van der Waals surface area contributed by atoms with E-state index in [0.29, 0.717) is 24.4 Å².